The molecule has 0 aliphatic rings. The summed E-state index contributed by atoms with van der Waals surface area (Å²) >= 11 is 0. The number of benzene rings is 1. The molecule has 1 rings (SSSR count). The van der Waals surface area contributed by atoms with Crippen molar-refractivity contribution in [1.82, 2.24) is 0 Å². The molecule has 0 aliphatic heterocycles. The van der Waals surface area contributed by atoms with Crippen molar-refractivity contribution in [3.63, 3.8) is 0 Å². The third-order valence-corrected chi connectivity index (χ3v) is 3.44. The summed E-state index contributed by atoms with van der Waals surface area (Å²) in [5.74, 6) is -2.07. The summed E-state index contributed by atoms with van der Waals surface area (Å²) in [4.78, 5) is 33.6. The second kappa shape index (κ2) is 11.2. The number of unbranched alkanes of at least 4 members (excludes halogenated alkanes) is 4. The summed E-state index contributed by atoms with van der Waals surface area (Å²) < 4.78 is 5.20. The maximum atomic E-state index is 11.9. The number of hydrogen-bond donors (Lipinski definition) is 1. The van der Waals surface area contributed by atoms with Gasteiger partial charge >= 0.3 is 5.97 Å². The number of carbonyl (C=O) groups excluding carboxylic acids is 3. The average Bonchev–Trinajstić information content (AvgIpc) is 2.56. The van der Waals surface area contributed by atoms with Crippen molar-refractivity contribution in [2.45, 2.75) is 51.9 Å². The second-order valence-electron chi connectivity index (χ2n) is 5.55. The van der Waals surface area contributed by atoms with E-state index in [1.54, 1.807) is 24.3 Å². The Morgan fingerprint density at radius 1 is 1.00 bits per heavy atom. The summed E-state index contributed by atoms with van der Waals surface area (Å²) in [6.07, 6.45) is 4.97. The van der Waals surface area contributed by atoms with Crippen LogP contribution in [0.15, 0.2) is 24.3 Å². The monoisotopic (exact) mass is 334 g/mol. The zero-order valence-electron chi connectivity index (χ0n) is 14.0. The average molecular weight is 334 g/mol. The lowest BCUT2D eigenvalue weighted by Gasteiger charge is -2.07. The molecule has 0 bridgehead atoms. The van der Waals surface area contributed by atoms with Crippen LogP contribution in [0.2, 0.25) is 0 Å². The minimum absolute atomic E-state index is 0.149. The van der Waals surface area contributed by atoms with Gasteiger partial charge in [-0.25, -0.2) is 4.79 Å². The van der Waals surface area contributed by atoms with Gasteiger partial charge in [-0.2, -0.15) is 0 Å². The number of carboxylic acids is 1. The number of ether oxygens (including phenoxy) is 1. The molecule has 0 atom stereocenters. The molecule has 6 nitrogen and oxygen atoms in total. The standard InChI is InChI=1S/C18H25NO5/c1-2-3-4-5-6-13-24-18(23)14-7-9-15(10-8-14)19-16(20)11-12-17(21)22/h7-10H,2-6,11-13H2,1H3,(H,19,20)(H,21,22)/p-1. The first kappa shape index (κ1) is 19.7. The maximum absolute atomic E-state index is 11.9. The summed E-state index contributed by atoms with van der Waals surface area (Å²) in [6.45, 7) is 2.56. The molecule has 0 spiro atoms. The lowest BCUT2D eigenvalue weighted by atomic mass is 10.1. The minimum atomic E-state index is -1.27. The van der Waals surface area contributed by atoms with Crippen LogP contribution in [0.25, 0.3) is 0 Å². The van der Waals surface area contributed by atoms with Gasteiger partial charge in [0, 0.05) is 18.1 Å². The lowest BCUT2D eigenvalue weighted by molar-refractivity contribution is -0.305. The van der Waals surface area contributed by atoms with E-state index in [9.17, 15) is 19.5 Å². The van der Waals surface area contributed by atoms with E-state index in [1.165, 1.54) is 12.8 Å². The van der Waals surface area contributed by atoms with Gasteiger partial charge in [0.15, 0.2) is 0 Å². The molecule has 1 aromatic carbocycles. The Balaban J connectivity index is 2.33. The molecule has 24 heavy (non-hydrogen) atoms. The van der Waals surface area contributed by atoms with Crippen molar-refractivity contribution in [1.29, 1.82) is 0 Å². The van der Waals surface area contributed by atoms with E-state index >= 15 is 0 Å². The summed E-state index contributed by atoms with van der Waals surface area (Å²) in [6, 6.07) is 6.28. The molecule has 1 aromatic rings. The van der Waals surface area contributed by atoms with Gasteiger partial charge in [-0.05, 0) is 37.1 Å². The van der Waals surface area contributed by atoms with Gasteiger partial charge in [0.25, 0.3) is 0 Å². The van der Waals surface area contributed by atoms with Crippen molar-refractivity contribution in [2.24, 2.45) is 0 Å². The van der Waals surface area contributed by atoms with Gasteiger partial charge in [0.2, 0.25) is 5.91 Å². The number of esters is 1. The molecular weight excluding hydrogens is 310 g/mol. The Hall–Kier alpha value is -2.37. The molecule has 132 valence electrons. The van der Waals surface area contributed by atoms with Crippen molar-refractivity contribution in [3.8, 4) is 0 Å². The van der Waals surface area contributed by atoms with Gasteiger partial charge in [0.1, 0.15) is 0 Å². The first-order valence-corrected chi connectivity index (χ1v) is 8.29. The molecular formula is C18H24NO5-. The van der Waals surface area contributed by atoms with Gasteiger partial charge < -0.3 is 20.0 Å². The molecule has 0 unspecified atom stereocenters. The molecule has 0 aromatic heterocycles. The van der Waals surface area contributed by atoms with Crippen LogP contribution in [0.1, 0.15) is 62.2 Å². The number of carbonyl (C=O) groups is 3. The normalized spacial score (nSPS) is 10.2. The fourth-order valence-corrected chi connectivity index (χ4v) is 2.08. The summed E-state index contributed by atoms with van der Waals surface area (Å²) in [7, 11) is 0. The number of amides is 1. The molecule has 6 heteroatoms. The van der Waals surface area contributed by atoms with Crippen LogP contribution in [0.4, 0.5) is 5.69 Å². The van der Waals surface area contributed by atoms with Crippen molar-refractivity contribution in [3.05, 3.63) is 29.8 Å². The highest BCUT2D eigenvalue weighted by molar-refractivity contribution is 5.93. The zero-order valence-corrected chi connectivity index (χ0v) is 14.0. The fraction of sp³-hybridized carbons (Fsp3) is 0.500. The predicted octanol–water partition coefficient (Wildman–Crippen LogP) is 2.28. The number of aliphatic carboxylic acids is 1. The summed E-state index contributed by atoms with van der Waals surface area (Å²) in [5.41, 5.74) is 0.908. The topological polar surface area (TPSA) is 95.5 Å². The molecule has 1 amide bonds. The van der Waals surface area contributed by atoms with Gasteiger partial charge in [-0.15, -0.1) is 0 Å². The maximum Gasteiger partial charge on any atom is 0.338 e. The molecule has 0 heterocycles. The fourth-order valence-electron chi connectivity index (χ4n) is 2.08. The minimum Gasteiger partial charge on any atom is -0.550 e. The number of hydrogen-bond acceptors (Lipinski definition) is 5. The van der Waals surface area contributed by atoms with Gasteiger partial charge in [0.05, 0.1) is 12.2 Å². The van der Waals surface area contributed by atoms with Gasteiger partial charge in [-0.3, -0.25) is 4.79 Å². The number of nitrogens with one attached hydrogen (secondary N) is 1. The Bertz CT molecular complexity index is 539. The third kappa shape index (κ3) is 8.31. The van der Waals surface area contributed by atoms with Crippen LogP contribution in [-0.4, -0.2) is 24.5 Å². The molecule has 0 fully saturated rings. The van der Waals surface area contributed by atoms with E-state index in [0.717, 1.165) is 19.3 Å². The second-order valence-corrected chi connectivity index (χ2v) is 5.55. The van der Waals surface area contributed by atoms with Gasteiger partial charge in [-0.1, -0.05) is 32.6 Å². The number of carboxylic acid groups (broad SMARTS) is 1. The predicted molar refractivity (Wildman–Crippen MR) is 88.4 cm³/mol. The van der Waals surface area contributed by atoms with E-state index < -0.39 is 11.9 Å². The Morgan fingerprint density at radius 3 is 2.29 bits per heavy atom. The lowest BCUT2D eigenvalue weighted by Crippen LogP contribution is -2.24. The largest absolute Gasteiger partial charge is 0.550 e. The molecule has 0 radical (unpaired) electrons. The molecule has 1 N–H and O–H groups in total. The zero-order chi connectivity index (χ0) is 17.8. The van der Waals surface area contributed by atoms with E-state index in [-0.39, 0.29) is 18.8 Å². The highest BCUT2D eigenvalue weighted by Crippen LogP contribution is 2.12. The Kier molecular flexibility index (Phi) is 9.19. The van der Waals surface area contributed by atoms with Crippen LogP contribution in [0, 0.1) is 0 Å². The highest BCUT2D eigenvalue weighted by atomic mass is 16.5. The van der Waals surface area contributed by atoms with Crippen molar-refractivity contribution in [2.75, 3.05) is 11.9 Å². The molecule has 0 aliphatic carbocycles. The Labute approximate surface area is 142 Å². The van der Waals surface area contributed by atoms with Crippen molar-refractivity contribution < 1.29 is 24.2 Å². The Morgan fingerprint density at radius 2 is 1.67 bits per heavy atom. The van der Waals surface area contributed by atoms with E-state index in [4.69, 9.17) is 4.74 Å². The van der Waals surface area contributed by atoms with E-state index in [0.29, 0.717) is 17.9 Å². The molecule has 0 saturated heterocycles. The SMILES string of the molecule is CCCCCCCOC(=O)c1ccc(NC(=O)CCC(=O)[O-])cc1. The van der Waals surface area contributed by atoms with Crippen LogP contribution in [-0.2, 0) is 14.3 Å². The van der Waals surface area contributed by atoms with Crippen LogP contribution >= 0.6 is 0 Å². The van der Waals surface area contributed by atoms with Crippen LogP contribution in [0.3, 0.4) is 0 Å². The quantitative estimate of drug-likeness (QED) is 0.495. The first-order valence-electron chi connectivity index (χ1n) is 8.29. The summed E-state index contributed by atoms with van der Waals surface area (Å²) in [5, 5.41) is 12.8. The number of rotatable bonds is 11. The molecule has 0 saturated carbocycles. The van der Waals surface area contributed by atoms with Crippen LogP contribution in [0.5, 0.6) is 0 Å². The third-order valence-electron chi connectivity index (χ3n) is 3.44. The first-order chi connectivity index (χ1) is 11.5. The van der Waals surface area contributed by atoms with Crippen LogP contribution < -0.4 is 10.4 Å². The van der Waals surface area contributed by atoms with E-state index in [1.807, 2.05) is 0 Å². The highest BCUT2D eigenvalue weighted by Gasteiger charge is 2.08. The smallest absolute Gasteiger partial charge is 0.338 e. The number of anilines is 1. The van der Waals surface area contributed by atoms with E-state index in [2.05, 4.69) is 12.2 Å². The van der Waals surface area contributed by atoms with Crippen molar-refractivity contribution >= 4 is 23.5 Å².